The highest BCUT2D eigenvalue weighted by Gasteiger charge is 2.41. The van der Waals surface area contributed by atoms with Crippen molar-refractivity contribution in [3.05, 3.63) is 47.0 Å². The van der Waals surface area contributed by atoms with Crippen molar-refractivity contribution in [2.75, 3.05) is 6.54 Å². The minimum Gasteiger partial charge on any atom is -0.277 e. The first-order valence-electron chi connectivity index (χ1n) is 6.58. The first-order chi connectivity index (χ1) is 10.1. The third-order valence-corrected chi connectivity index (χ3v) is 3.57. The van der Waals surface area contributed by atoms with Gasteiger partial charge in [0.2, 0.25) is 11.8 Å². The zero-order chi connectivity index (χ0) is 15.4. The second kappa shape index (κ2) is 6.54. The number of allylic oxidation sites excluding steroid dienone is 1. The number of benzene rings is 1. The molecular weight excluding hydrogens is 292 g/mol. The first-order valence-corrected chi connectivity index (χ1v) is 6.96. The van der Waals surface area contributed by atoms with E-state index in [2.05, 4.69) is 5.32 Å². The standard InChI is InChI=1S/C15H15ClN2O3/c1-2-3-6-9-18-14(20)12(13(19)17-15(18)21)10-7-4-5-8-11(10)16/h2-5,7-8,12H,6,9H2,1H3,(H,17,19,21)/b3-2+. The molecule has 1 atom stereocenters. The van der Waals surface area contributed by atoms with Crippen LogP contribution in [0.4, 0.5) is 4.79 Å². The molecule has 5 nitrogen and oxygen atoms in total. The third-order valence-electron chi connectivity index (χ3n) is 3.22. The number of barbiturate groups is 1. The molecule has 1 aromatic rings. The fraction of sp³-hybridized carbons (Fsp3) is 0.267. The molecule has 1 aliphatic rings. The van der Waals surface area contributed by atoms with Crippen molar-refractivity contribution in [1.82, 2.24) is 10.2 Å². The van der Waals surface area contributed by atoms with E-state index in [0.717, 1.165) is 4.90 Å². The Kier molecular flexibility index (Phi) is 4.75. The normalized spacial score (nSPS) is 19.2. The fourth-order valence-corrected chi connectivity index (χ4v) is 2.42. The van der Waals surface area contributed by atoms with Gasteiger partial charge in [0, 0.05) is 11.6 Å². The Hall–Kier alpha value is -2.14. The van der Waals surface area contributed by atoms with Crippen LogP contribution in [-0.4, -0.2) is 29.3 Å². The van der Waals surface area contributed by atoms with Crippen LogP contribution < -0.4 is 5.32 Å². The summed E-state index contributed by atoms with van der Waals surface area (Å²) in [5, 5.41) is 2.53. The summed E-state index contributed by atoms with van der Waals surface area (Å²) in [6.07, 6.45) is 4.23. The SMILES string of the molecule is C/C=C/CCN1C(=O)NC(=O)C(c2ccccc2Cl)C1=O. The number of hydrogen-bond donors (Lipinski definition) is 1. The lowest BCUT2D eigenvalue weighted by Gasteiger charge is -2.30. The second-order valence-electron chi connectivity index (χ2n) is 4.60. The van der Waals surface area contributed by atoms with Gasteiger partial charge in [-0.1, -0.05) is 42.0 Å². The van der Waals surface area contributed by atoms with Crippen molar-refractivity contribution in [1.29, 1.82) is 0 Å². The molecule has 0 radical (unpaired) electrons. The molecular formula is C15H15ClN2O3. The fourth-order valence-electron chi connectivity index (χ4n) is 2.18. The number of carbonyl (C=O) groups is 3. The quantitative estimate of drug-likeness (QED) is 0.686. The Balaban J connectivity index is 2.29. The Morgan fingerprint density at radius 3 is 2.67 bits per heavy atom. The number of rotatable bonds is 4. The minimum absolute atomic E-state index is 0.225. The van der Waals surface area contributed by atoms with Gasteiger partial charge in [0.1, 0.15) is 5.92 Å². The minimum atomic E-state index is -1.08. The lowest BCUT2D eigenvalue weighted by Crippen LogP contribution is -2.57. The Morgan fingerprint density at radius 1 is 1.29 bits per heavy atom. The molecule has 0 spiro atoms. The van der Waals surface area contributed by atoms with E-state index in [1.807, 2.05) is 19.1 Å². The molecule has 110 valence electrons. The number of carbonyl (C=O) groups excluding carboxylic acids is 3. The highest BCUT2D eigenvalue weighted by molar-refractivity contribution is 6.32. The Labute approximate surface area is 127 Å². The maximum absolute atomic E-state index is 12.5. The largest absolute Gasteiger partial charge is 0.330 e. The lowest BCUT2D eigenvalue weighted by atomic mass is 9.95. The molecule has 1 aromatic carbocycles. The van der Waals surface area contributed by atoms with Crippen molar-refractivity contribution < 1.29 is 14.4 Å². The predicted octanol–water partition coefficient (Wildman–Crippen LogP) is 2.47. The number of nitrogens with zero attached hydrogens (tertiary/aromatic N) is 1. The van der Waals surface area contributed by atoms with Crippen LogP contribution in [0.25, 0.3) is 0 Å². The predicted molar refractivity (Wildman–Crippen MR) is 78.9 cm³/mol. The molecule has 1 aliphatic heterocycles. The van der Waals surface area contributed by atoms with Gasteiger partial charge < -0.3 is 0 Å². The zero-order valence-electron chi connectivity index (χ0n) is 11.5. The molecule has 2 rings (SSSR count). The Bertz CT molecular complexity index is 613. The highest BCUT2D eigenvalue weighted by atomic mass is 35.5. The molecule has 21 heavy (non-hydrogen) atoms. The highest BCUT2D eigenvalue weighted by Crippen LogP contribution is 2.28. The van der Waals surface area contributed by atoms with E-state index in [0.29, 0.717) is 17.0 Å². The monoisotopic (exact) mass is 306 g/mol. The summed E-state index contributed by atoms with van der Waals surface area (Å²) in [4.78, 5) is 37.3. The van der Waals surface area contributed by atoms with E-state index >= 15 is 0 Å². The number of halogens is 1. The summed E-state index contributed by atoms with van der Waals surface area (Å²) in [6, 6.07) is 5.95. The van der Waals surface area contributed by atoms with Crippen molar-refractivity contribution in [2.45, 2.75) is 19.3 Å². The zero-order valence-corrected chi connectivity index (χ0v) is 12.3. The summed E-state index contributed by atoms with van der Waals surface area (Å²) < 4.78 is 0. The molecule has 1 saturated heterocycles. The van der Waals surface area contributed by atoms with Crippen LogP contribution in [-0.2, 0) is 9.59 Å². The molecule has 1 heterocycles. The van der Waals surface area contributed by atoms with Gasteiger partial charge in [0.25, 0.3) is 0 Å². The van der Waals surface area contributed by atoms with Crippen LogP contribution >= 0.6 is 11.6 Å². The van der Waals surface area contributed by atoms with E-state index in [9.17, 15) is 14.4 Å². The van der Waals surface area contributed by atoms with Crippen LogP contribution in [0.5, 0.6) is 0 Å². The van der Waals surface area contributed by atoms with Crippen LogP contribution in [0.1, 0.15) is 24.8 Å². The average Bonchev–Trinajstić information content (AvgIpc) is 2.44. The maximum atomic E-state index is 12.5. The van der Waals surface area contributed by atoms with E-state index < -0.39 is 23.8 Å². The molecule has 0 aliphatic carbocycles. The number of imide groups is 2. The second-order valence-corrected chi connectivity index (χ2v) is 5.00. The van der Waals surface area contributed by atoms with Gasteiger partial charge in [-0.05, 0) is 25.0 Å². The molecule has 4 amide bonds. The lowest BCUT2D eigenvalue weighted by molar-refractivity contribution is -0.138. The van der Waals surface area contributed by atoms with Crippen molar-refractivity contribution in [2.24, 2.45) is 0 Å². The number of hydrogen-bond acceptors (Lipinski definition) is 3. The third kappa shape index (κ3) is 3.13. The van der Waals surface area contributed by atoms with Gasteiger partial charge in [-0.2, -0.15) is 0 Å². The van der Waals surface area contributed by atoms with Crippen LogP contribution in [0, 0.1) is 0 Å². The molecule has 1 unspecified atom stereocenters. The molecule has 6 heteroatoms. The van der Waals surface area contributed by atoms with Gasteiger partial charge >= 0.3 is 6.03 Å². The van der Waals surface area contributed by atoms with E-state index in [-0.39, 0.29) is 6.54 Å². The van der Waals surface area contributed by atoms with Gasteiger partial charge in [0.05, 0.1) is 0 Å². The van der Waals surface area contributed by atoms with E-state index in [1.165, 1.54) is 0 Å². The summed E-state index contributed by atoms with van der Waals surface area (Å²) in [6.45, 7) is 2.08. The molecule has 1 N–H and O–H groups in total. The van der Waals surface area contributed by atoms with E-state index in [1.54, 1.807) is 24.3 Å². The van der Waals surface area contributed by atoms with Crippen molar-refractivity contribution in [3.63, 3.8) is 0 Å². The molecule has 0 aromatic heterocycles. The first kappa shape index (κ1) is 15.3. The Morgan fingerprint density at radius 2 is 2.00 bits per heavy atom. The smallest absolute Gasteiger partial charge is 0.277 e. The maximum Gasteiger partial charge on any atom is 0.330 e. The summed E-state index contributed by atoms with van der Waals surface area (Å²) in [5.74, 6) is -2.26. The van der Waals surface area contributed by atoms with Crippen LogP contribution in [0.3, 0.4) is 0 Å². The summed E-state index contributed by atoms with van der Waals surface area (Å²) in [7, 11) is 0. The number of amides is 4. The van der Waals surface area contributed by atoms with Gasteiger partial charge in [0.15, 0.2) is 0 Å². The van der Waals surface area contributed by atoms with E-state index in [4.69, 9.17) is 11.6 Å². The average molecular weight is 307 g/mol. The van der Waals surface area contributed by atoms with Crippen molar-refractivity contribution in [3.8, 4) is 0 Å². The number of urea groups is 1. The summed E-state index contributed by atoms with van der Waals surface area (Å²) in [5.41, 5.74) is 0.408. The van der Waals surface area contributed by atoms with Crippen molar-refractivity contribution >= 4 is 29.4 Å². The summed E-state index contributed by atoms with van der Waals surface area (Å²) >= 11 is 6.05. The van der Waals surface area contributed by atoms with Crippen LogP contribution in [0.2, 0.25) is 5.02 Å². The van der Waals surface area contributed by atoms with Gasteiger partial charge in [-0.25, -0.2) is 4.79 Å². The topological polar surface area (TPSA) is 66.5 Å². The molecule has 0 saturated carbocycles. The molecule has 0 bridgehead atoms. The molecule has 1 fully saturated rings. The number of nitrogens with one attached hydrogen (secondary N) is 1. The van der Waals surface area contributed by atoms with Gasteiger partial charge in [-0.3, -0.25) is 19.8 Å². The van der Waals surface area contributed by atoms with Gasteiger partial charge in [-0.15, -0.1) is 0 Å². The van der Waals surface area contributed by atoms with Crippen LogP contribution in [0.15, 0.2) is 36.4 Å².